The Bertz CT molecular complexity index is 466. The maximum atomic E-state index is 11.9. The normalized spacial score (nSPS) is 11.2. The molecule has 3 N–H and O–H groups in total. The Balaban J connectivity index is 0.00000400. The summed E-state index contributed by atoms with van der Waals surface area (Å²) in [5.41, 5.74) is 6.27. The largest absolute Gasteiger partial charge is 0.346 e. The van der Waals surface area contributed by atoms with Crippen molar-refractivity contribution in [2.75, 3.05) is 20.1 Å². The molecule has 0 heterocycles. The van der Waals surface area contributed by atoms with Crippen LogP contribution in [0.15, 0.2) is 24.3 Å². The number of nitrogens with two attached hydrogens (primary N) is 1. The van der Waals surface area contributed by atoms with Crippen LogP contribution in [0.3, 0.4) is 0 Å². The molecule has 2 amide bonds. The van der Waals surface area contributed by atoms with Gasteiger partial charge in [-0.1, -0.05) is 23.7 Å². The predicted octanol–water partition coefficient (Wildman–Crippen LogP) is 1.23. The van der Waals surface area contributed by atoms with Crippen molar-refractivity contribution in [3.63, 3.8) is 0 Å². The quantitative estimate of drug-likeness (QED) is 0.822. The highest BCUT2D eigenvalue weighted by Gasteiger charge is 2.16. The average Bonchev–Trinajstić information content (AvgIpc) is 2.45. The van der Waals surface area contributed by atoms with Crippen LogP contribution in [-0.2, 0) is 16.0 Å². The predicted molar refractivity (Wildman–Crippen MR) is 86.7 cm³/mol. The molecule has 1 rings (SSSR count). The number of halogens is 2. The van der Waals surface area contributed by atoms with Gasteiger partial charge in [-0.15, -0.1) is 12.4 Å². The summed E-state index contributed by atoms with van der Waals surface area (Å²) in [7, 11) is 1.72. The van der Waals surface area contributed by atoms with Crippen molar-refractivity contribution in [1.29, 1.82) is 0 Å². The summed E-state index contributed by atoms with van der Waals surface area (Å²) in [5.74, 6) is -0.481. The van der Waals surface area contributed by atoms with Crippen LogP contribution in [0, 0.1) is 0 Å². The molecule has 5 nitrogen and oxygen atoms in total. The number of hydrogen-bond acceptors (Lipinski definition) is 3. The summed E-state index contributed by atoms with van der Waals surface area (Å²) in [6.07, 6.45) is 0.726. The standard InChI is InChI=1S/C14H20ClN3O2.ClH/c1-10(7-11-3-5-12(15)6-4-11)18(2)14(20)9-17-13(19)8-16;/h3-6,10H,7-9,16H2,1-2H3,(H,17,19);1H. The number of carbonyl (C=O) groups excluding carboxylic acids is 2. The zero-order valence-corrected chi connectivity index (χ0v) is 13.7. The summed E-state index contributed by atoms with van der Waals surface area (Å²) in [6.45, 7) is 1.81. The van der Waals surface area contributed by atoms with Gasteiger partial charge in [-0.2, -0.15) is 0 Å². The average molecular weight is 334 g/mol. The van der Waals surface area contributed by atoms with E-state index in [2.05, 4.69) is 5.32 Å². The number of likely N-dealkylation sites (N-methyl/N-ethyl adjacent to an activating group) is 1. The molecule has 0 saturated carbocycles. The van der Waals surface area contributed by atoms with E-state index in [0.29, 0.717) is 5.02 Å². The summed E-state index contributed by atoms with van der Waals surface area (Å²) < 4.78 is 0. The lowest BCUT2D eigenvalue weighted by molar-refractivity contribution is -0.133. The highest BCUT2D eigenvalue weighted by atomic mass is 35.5. The van der Waals surface area contributed by atoms with Gasteiger partial charge in [0.25, 0.3) is 0 Å². The Kier molecular flexibility index (Phi) is 9.01. The van der Waals surface area contributed by atoms with Crippen LogP contribution in [0.1, 0.15) is 12.5 Å². The van der Waals surface area contributed by atoms with Gasteiger partial charge >= 0.3 is 0 Å². The van der Waals surface area contributed by atoms with Crippen LogP contribution in [-0.4, -0.2) is 42.9 Å². The number of hydrogen-bond donors (Lipinski definition) is 2. The molecule has 0 aliphatic carbocycles. The second kappa shape index (κ2) is 9.60. The third kappa shape index (κ3) is 6.80. The molecule has 0 fully saturated rings. The zero-order valence-electron chi connectivity index (χ0n) is 12.1. The molecule has 0 radical (unpaired) electrons. The van der Waals surface area contributed by atoms with Crippen LogP contribution < -0.4 is 11.1 Å². The van der Waals surface area contributed by atoms with E-state index >= 15 is 0 Å². The smallest absolute Gasteiger partial charge is 0.241 e. The first-order valence-corrected chi connectivity index (χ1v) is 6.78. The van der Waals surface area contributed by atoms with Crippen LogP contribution in [0.2, 0.25) is 5.02 Å². The van der Waals surface area contributed by atoms with Gasteiger partial charge in [0.1, 0.15) is 0 Å². The van der Waals surface area contributed by atoms with Gasteiger partial charge in [-0.3, -0.25) is 9.59 Å². The zero-order chi connectivity index (χ0) is 15.1. The third-order valence-electron chi connectivity index (χ3n) is 3.12. The Morgan fingerprint density at radius 2 is 1.90 bits per heavy atom. The molecule has 118 valence electrons. The monoisotopic (exact) mass is 333 g/mol. The van der Waals surface area contributed by atoms with E-state index in [1.807, 2.05) is 31.2 Å². The molecular weight excluding hydrogens is 313 g/mol. The molecule has 0 aliphatic rings. The summed E-state index contributed by atoms with van der Waals surface area (Å²) in [4.78, 5) is 24.5. The molecule has 0 saturated heterocycles. The molecule has 7 heteroatoms. The van der Waals surface area contributed by atoms with E-state index in [1.165, 1.54) is 0 Å². The highest BCUT2D eigenvalue weighted by molar-refractivity contribution is 6.30. The fraction of sp³-hybridized carbons (Fsp3) is 0.429. The third-order valence-corrected chi connectivity index (χ3v) is 3.37. The fourth-order valence-corrected chi connectivity index (χ4v) is 1.84. The van der Waals surface area contributed by atoms with E-state index in [0.717, 1.165) is 12.0 Å². The molecule has 0 aromatic heterocycles. The molecule has 1 atom stereocenters. The Labute approximate surface area is 136 Å². The lowest BCUT2D eigenvalue weighted by Crippen LogP contribution is -2.44. The minimum absolute atomic E-state index is 0. The lowest BCUT2D eigenvalue weighted by atomic mass is 10.1. The molecule has 21 heavy (non-hydrogen) atoms. The van der Waals surface area contributed by atoms with Gasteiger partial charge in [-0.25, -0.2) is 0 Å². The van der Waals surface area contributed by atoms with E-state index < -0.39 is 0 Å². The molecule has 1 aromatic rings. The van der Waals surface area contributed by atoms with Crippen molar-refractivity contribution in [1.82, 2.24) is 10.2 Å². The van der Waals surface area contributed by atoms with E-state index in [4.69, 9.17) is 17.3 Å². The molecule has 0 bridgehead atoms. The van der Waals surface area contributed by atoms with Crippen molar-refractivity contribution < 1.29 is 9.59 Å². The minimum Gasteiger partial charge on any atom is -0.346 e. The lowest BCUT2D eigenvalue weighted by Gasteiger charge is -2.25. The van der Waals surface area contributed by atoms with Crippen LogP contribution in [0.25, 0.3) is 0 Å². The van der Waals surface area contributed by atoms with Crippen LogP contribution >= 0.6 is 24.0 Å². The van der Waals surface area contributed by atoms with E-state index in [9.17, 15) is 9.59 Å². The fourth-order valence-electron chi connectivity index (χ4n) is 1.72. The summed E-state index contributed by atoms with van der Waals surface area (Å²) in [5, 5.41) is 3.16. The van der Waals surface area contributed by atoms with Gasteiger partial charge < -0.3 is 16.0 Å². The maximum Gasteiger partial charge on any atom is 0.241 e. The number of benzene rings is 1. The number of amides is 2. The first-order valence-electron chi connectivity index (χ1n) is 6.41. The van der Waals surface area contributed by atoms with Crippen molar-refractivity contribution in [3.8, 4) is 0 Å². The Morgan fingerprint density at radius 3 is 2.43 bits per heavy atom. The molecule has 0 aliphatic heterocycles. The second-order valence-electron chi connectivity index (χ2n) is 4.67. The first kappa shape index (κ1) is 19.7. The van der Waals surface area contributed by atoms with Crippen LogP contribution in [0.5, 0.6) is 0 Å². The molecule has 1 aromatic carbocycles. The second-order valence-corrected chi connectivity index (χ2v) is 5.10. The number of carbonyl (C=O) groups is 2. The van der Waals surface area contributed by atoms with E-state index in [1.54, 1.807) is 11.9 Å². The van der Waals surface area contributed by atoms with Gasteiger partial charge in [-0.05, 0) is 31.0 Å². The van der Waals surface area contributed by atoms with Gasteiger partial charge in [0.05, 0.1) is 13.1 Å². The van der Waals surface area contributed by atoms with Crippen molar-refractivity contribution in [2.24, 2.45) is 5.73 Å². The summed E-state index contributed by atoms with van der Waals surface area (Å²) in [6, 6.07) is 7.55. The van der Waals surface area contributed by atoms with Gasteiger partial charge in [0, 0.05) is 18.1 Å². The molecule has 1 unspecified atom stereocenters. The van der Waals surface area contributed by atoms with Gasteiger partial charge in [0.2, 0.25) is 11.8 Å². The van der Waals surface area contributed by atoms with Crippen LogP contribution in [0.4, 0.5) is 0 Å². The number of nitrogens with one attached hydrogen (secondary N) is 1. The van der Waals surface area contributed by atoms with Gasteiger partial charge in [0.15, 0.2) is 0 Å². The van der Waals surface area contributed by atoms with E-state index in [-0.39, 0.29) is 43.4 Å². The Hall–Kier alpha value is -1.30. The topological polar surface area (TPSA) is 75.4 Å². The van der Waals surface area contributed by atoms with Crippen molar-refractivity contribution >= 4 is 35.8 Å². The number of nitrogens with zero attached hydrogens (tertiary/aromatic N) is 1. The van der Waals surface area contributed by atoms with Crippen molar-refractivity contribution in [2.45, 2.75) is 19.4 Å². The minimum atomic E-state index is -0.336. The first-order chi connectivity index (χ1) is 9.43. The number of rotatable bonds is 6. The molecule has 0 spiro atoms. The Morgan fingerprint density at radius 1 is 1.33 bits per heavy atom. The highest BCUT2D eigenvalue weighted by Crippen LogP contribution is 2.12. The maximum absolute atomic E-state index is 11.9. The summed E-state index contributed by atoms with van der Waals surface area (Å²) >= 11 is 5.83. The van der Waals surface area contributed by atoms with Crippen molar-refractivity contribution in [3.05, 3.63) is 34.9 Å². The molecular formula is C14H21Cl2N3O2. The SMILES string of the molecule is CC(Cc1ccc(Cl)cc1)N(C)C(=O)CNC(=O)CN.Cl.